The smallest absolute Gasteiger partial charge is 0.262 e. The number of rotatable bonds is 5. The summed E-state index contributed by atoms with van der Waals surface area (Å²) in [5.41, 5.74) is 7.47. The molecule has 0 radical (unpaired) electrons. The van der Waals surface area contributed by atoms with Crippen molar-refractivity contribution in [1.82, 2.24) is 15.5 Å². The van der Waals surface area contributed by atoms with E-state index in [0.29, 0.717) is 23.6 Å². The molecule has 8 heteroatoms. The van der Waals surface area contributed by atoms with Crippen LogP contribution in [0.4, 0.5) is 0 Å². The van der Waals surface area contributed by atoms with Gasteiger partial charge >= 0.3 is 0 Å². The number of fused-ring (bicyclic) bond motifs is 1. The van der Waals surface area contributed by atoms with Crippen LogP contribution < -0.4 is 16.4 Å². The van der Waals surface area contributed by atoms with Crippen molar-refractivity contribution in [3.8, 4) is 0 Å². The van der Waals surface area contributed by atoms with E-state index in [9.17, 15) is 19.2 Å². The van der Waals surface area contributed by atoms with Gasteiger partial charge in [0.25, 0.3) is 11.8 Å². The topological polar surface area (TPSA) is 122 Å². The van der Waals surface area contributed by atoms with Crippen molar-refractivity contribution in [1.29, 1.82) is 0 Å². The molecule has 1 aromatic rings. The van der Waals surface area contributed by atoms with Crippen molar-refractivity contribution in [2.45, 2.75) is 57.2 Å². The zero-order chi connectivity index (χ0) is 20.5. The van der Waals surface area contributed by atoms with E-state index < -0.39 is 23.8 Å². The average molecular weight is 398 g/mol. The summed E-state index contributed by atoms with van der Waals surface area (Å²) in [5, 5.41) is 5.62. The Morgan fingerprint density at radius 1 is 1.10 bits per heavy atom. The second-order valence-corrected chi connectivity index (χ2v) is 8.21. The van der Waals surface area contributed by atoms with E-state index in [1.165, 1.54) is 0 Å². The molecule has 0 bridgehead atoms. The minimum atomic E-state index is -0.940. The third-order valence-corrected chi connectivity index (χ3v) is 6.13. The third-order valence-electron chi connectivity index (χ3n) is 6.13. The van der Waals surface area contributed by atoms with Gasteiger partial charge in [0.05, 0.1) is 11.1 Å². The monoisotopic (exact) mass is 398 g/mol. The van der Waals surface area contributed by atoms with Crippen molar-refractivity contribution in [3.63, 3.8) is 0 Å². The van der Waals surface area contributed by atoms with E-state index in [1.807, 2.05) is 6.07 Å². The molecule has 1 saturated heterocycles. The molecule has 1 unspecified atom stereocenters. The molecule has 1 saturated carbocycles. The highest BCUT2D eigenvalue weighted by atomic mass is 16.2. The summed E-state index contributed by atoms with van der Waals surface area (Å²) in [7, 11) is 0. The lowest BCUT2D eigenvalue weighted by atomic mass is 9.86. The van der Waals surface area contributed by atoms with Gasteiger partial charge in [0, 0.05) is 19.0 Å². The van der Waals surface area contributed by atoms with E-state index in [0.717, 1.165) is 42.7 Å². The normalized spacial score (nSPS) is 27.2. The molecule has 2 heterocycles. The summed E-state index contributed by atoms with van der Waals surface area (Å²) >= 11 is 0. The Bertz CT molecular complexity index is 868. The van der Waals surface area contributed by atoms with Gasteiger partial charge in [-0.05, 0) is 49.8 Å². The second kappa shape index (κ2) is 8.04. The van der Waals surface area contributed by atoms with Crippen LogP contribution in [0.2, 0.25) is 0 Å². The summed E-state index contributed by atoms with van der Waals surface area (Å²) in [6, 6.07) is 4.52. The molecule has 4 N–H and O–H groups in total. The molecule has 8 nitrogen and oxygen atoms in total. The number of hydrogen-bond donors (Lipinski definition) is 3. The molecule has 29 heavy (non-hydrogen) atoms. The molecular formula is C21H26N4O4. The minimum Gasteiger partial charge on any atom is -0.328 e. The first kappa shape index (κ1) is 19.7. The van der Waals surface area contributed by atoms with Crippen molar-refractivity contribution in [2.24, 2.45) is 11.7 Å². The van der Waals surface area contributed by atoms with Gasteiger partial charge in [0.2, 0.25) is 11.8 Å². The Kier molecular flexibility index (Phi) is 5.47. The molecule has 1 aliphatic carbocycles. The predicted octanol–water partition coefficient (Wildman–Crippen LogP) is 0.695. The fourth-order valence-electron chi connectivity index (χ4n) is 4.66. The number of nitrogens with two attached hydrogens (primary N) is 1. The Morgan fingerprint density at radius 3 is 2.69 bits per heavy atom. The van der Waals surface area contributed by atoms with Gasteiger partial charge in [-0.25, -0.2) is 0 Å². The van der Waals surface area contributed by atoms with Gasteiger partial charge in [-0.1, -0.05) is 18.6 Å². The number of nitrogens with one attached hydrogen (secondary N) is 2. The molecule has 2 aliphatic heterocycles. The van der Waals surface area contributed by atoms with Gasteiger partial charge in [-0.2, -0.15) is 0 Å². The number of piperidine rings is 1. The number of nitrogens with zero attached hydrogens (tertiary/aromatic N) is 1. The lowest BCUT2D eigenvalue weighted by Gasteiger charge is -2.28. The lowest BCUT2D eigenvalue weighted by Crippen LogP contribution is -2.54. The molecule has 4 rings (SSSR count). The summed E-state index contributed by atoms with van der Waals surface area (Å²) in [4.78, 5) is 50.5. The van der Waals surface area contributed by atoms with Crippen molar-refractivity contribution >= 4 is 23.6 Å². The van der Waals surface area contributed by atoms with E-state index in [2.05, 4.69) is 10.6 Å². The number of carbonyl (C=O) groups is 4. The maximum absolute atomic E-state index is 13.1. The van der Waals surface area contributed by atoms with Crippen LogP contribution in [0.3, 0.4) is 0 Å². The predicted molar refractivity (Wildman–Crippen MR) is 105 cm³/mol. The maximum atomic E-state index is 13.1. The molecule has 2 fully saturated rings. The van der Waals surface area contributed by atoms with Crippen LogP contribution in [-0.2, 0) is 16.1 Å². The van der Waals surface area contributed by atoms with E-state index in [1.54, 1.807) is 12.1 Å². The van der Waals surface area contributed by atoms with Crippen LogP contribution in [-0.4, -0.2) is 47.2 Å². The van der Waals surface area contributed by atoms with Gasteiger partial charge < -0.3 is 11.1 Å². The minimum absolute atomic E-state index is 0.113. The number of hydrogen-bond acceptors (Lipinski definition) is 6. The second-order valence-electron chi connectivity index (χ2n) is 8.21. The maximum Gasteiger partial charge on any atom is 0.262 e. The molecule has 154 valence electrons. The SMILES string of the molecule is N[C@@H]1CCC[C@@H](CNCc2cccc3c2C(=O)N(C2CCC(=O)NC2=O)C3=O)C1. The van der Waals surface area contributed by atoms with Crippen LogP contribution in [0.1, 0.15) is 64.8 Å². The van der Waals surface area contributed by atoms with Gasteiger partial charge in [0.1, 0.15) is 6.04 Å². The third kappa shape index (κ3) is 3.82. The summed E-state index contributed by atoms with van der Waals surface area (Å²) in [6.07, 6.45) is 4.64. The first-order valence-corrected chi connectivity index (χ1v) is 10.3. The number of carbonyl (C=O) groups excluding carboxylic acids is 4. The highest BCUT2D eigenvalue weighted by Gasteiger charge is 2.45. The van der Waals surface area contributed by atoms with Gasteiger partial charge in [0.15, 0.2) is 0 Å². The van der Waals surface area contributed by atoms with E-state index in [4.69, 9.17) is 5.73 Å². The number of amides is 4. The molecule has 0 spiro atoms. The fraction of sp³-hybridized carbons (Fsp3) is 0.524. The van der Waals surface area contributed by atoms with E-state index in [-0.39, 0.29) is 24.8 Å². The molecular weight excluding hydrogens is 372 g/mol. The lowest BCUT2D eigenvalue weighted by molar-refractivity contribution is -0.136. The summed E-state index contributed by atoms with van der Waals surface area (Å²) in [5.74, 6) is -1.39. The van der Waals surface area contributed by atoms with Crippen molar-refractivity contribution in [3.05, 3.63) is 34.9 Å². The summed E-state index contributed by atoms with van der Waals surface area (Å²) < 4.78 is 0. The largest absolute Gasteiger partial charge is 0.328 e. The Balaban J connectivity index is 1.47. The molecule has 3 atom stereocenters. The fourth-order valence-corrected chi connectivity index (χ4v) is 4.66. The molecule has 1 aromatic carbocycles. The van der Waals surface area contributed by atoms with Gasteiger partial charge in [-0.3, -0.25) is 29.4 Å². The average Bonchev–Trinajstić information content (AvgIpc) is 2.94. The van der Waals surface area contributed by atoms with Crippen LogP contribution in [0.15, 0.2) is 18.2 Å². The van der Waals surface area contributed by atoms with Gasteiger partial charge in [-0.15, -0.1) is 0 Å². The Morgan fingerprint density at radius 2 is 1.93 bits per heavy atom. The molecule has 0 aromatic heterocycles. The quantitative estimate of drug-likeness (QED) is 0.628. The van der Waals surface area contributed by atoms with Crippen LogP contribution in [0.25, 0.3) is 0 Å². The highest BCUT2D eigenvalue weighted by molar-refractivity contribution is 6.24. The zero-order valence-corrected chi connectivity index (χ0v) is 16.3. The summed E-state index contributed by atoms with van der Waals surface area (Å²) in [6.45, 7) is 1.29. The van der Waals surface area contributed by atoms with Crippen LogP contribution in [0.5, 0.6) is 0 Å². The highest BCUT2D eigenvalue weighted by Crippen LogP contribution is 2.30. The first-order chi connectivity index (χ1) is 14.0. The number of imide groups is 2. The zero-order valence-electron chi connectivity index (χ0n) is 16.3. The van der Waals surface area contributed by atoms with Crippen molar-refractivity contribution in [2.75, 3.05) is 6.54 Å². The Hall–Kier alpha value is -2.58. The van der Waals surface area contributed by atoms with E-state index >= 15 is 0 Å². The number of benzene rings is 1. The standard InChI is InChI=1S/C21H26N4O4/c22-14-5-1-3-12(9-14)10-23-11-13-4-2-6-15-18(13)21(29)25(20(15)28)16-7-8-17(26)24-19(16)27/h2,4,6,12,14,16,23H,1,3,5,7-11,22H2,(H,24,26,27)/t12-,14-,16?/m1/s1. The molecule has 4 amide bonds. The Labute approximate surface area is 169 Å². The van der Waals surface area contributed by atoms with Crippen molar-refractivity contribution < 1.29 is 19.2 Å². The van der Waals surface area contributed by atoms with Crippen LogP contribution >= 0.6 is 0 Å². The molecule has 3 aliphatic rings. The first-order valence-electron chi connectivity index (χ1n) is 10.3. The van der Waals surface area contributed by atoms with Crippen LogP contribution in [0, 0.1) is 5.92 Å².